The zero-order valence-corrected chi connectivity index (χ0v) is 13.9. The first kappa shape index (κ1) is 16.4. The Balaban J connectivity index is 1.81. The second kappa shape index (κ2) is 8.50. The number of pyridine rings is 1. The second-order valence-electron chi connectivity index (χ2n) is 6.68. The van der Waals surface area contributed by atoms with Gasteiger partial charge in [0.2, 0.25) is 0 Å². The summed E-state index contributed by atoms with van der Waals surface area (Å²) >= 11 is 0. The van der Waals surface area contributed by atoms with Crippen LogP contribution in [0.4, 0.5) is 0 Å². The molecule has 2 rings (SSSR count). The number of aromatic nitrogens is 1. The summed E-state index contributed by atoms with van der Waals surface area (Å²) in [5.41, 5.74) is 2.47. The number of rotatable bonds is 7. The molecule has 1 heterocycles. The van der Waals surface area contributed by atoms with Crippen molar-refractivity contribution in [3.63, 3.8) is 0 Å². The van der Waals surface area contributed by atoms with Crippen LogP contribution in [-0.2, 0) is 13.1 Å². The third-order valence-corrected chi connectivity index (χ3v) is 4.59. The average molecular weight is 289 g/mol. The number of nitrogens with one attached hydrogen (secondary N) is 1. The fourth-order valence-electron chi connectivity index (χ4n) is 3.25. The van der Waals surface area contributed by atoms with Gasteiger partial charge in [0.15, 0.2) is 0 Å². The molecule has 3 nitrogen and oxygen atoms in total. The van der Waals surface area contributed by atoms with Gasteiger partial charge < -0.3 is 5.32 Å². The summed E-state index contributed by atoms with van der Waals surface area (Å²) in [6, 6.07) is 5.13. The summed E-state index contributed by atoms with van der Waals surface area (Å²) in [4.78, 5) is 7.12. The molecule has 0 radical (unpaired) electrons. The van der Waals surface area contributed by atoms with Gasteiger partial charge in [-0.05, 0) is 50.4 Å². The van der Waals surface area contributed by atoms with Crippen molar-refractivity contribution < 1.29 is 0 Å². The third kappa shape index (κ3) is 5.40. The van der Waals surface area contributed by atoms with Gasteiger partial charge in [-0.1, -0.05) is 32.8 Å². The highest BCUT2D eigenvalue weighted by molar-refractivity contribution is 5.14. The van der Waals surface area contributed by atoms with E-state index in [2.05, 4.69) is 48.2 Å². The highest BCUT2D eigenvalue weighted by Crippen LogP contribution is 2.27. The maximum atomic E-state index is 4.63. The molecule has 1 aromatic heterocycles. The van der Waals surface area contributed by atoms with E-state index in [0.717, 1.165) is 31.6 Å². The highest BCUT2D eigenvalue weighted by atomic mass is 15.1. The van der Waals surface area contributed by atoms with Gasteiger partial charge in [0.1, 0.15) is 0 Å². The van der Waals surface area contributed by atoms with Crippen LogP contribution in [0.1, 0.15) is 57.2 Å². The predicted octanol–water partition coefficient (Wildman–Crippen LogP) is 3.59. The van der Waals surface area contributed by atoms with Gasteiger partial charge >= 0.3 is 0 Å². The first-order valence-electron chi connectivity index (χ1n) is 8.53. The minimum atomic E-state index is 0.737. The molecule has 0 aliphatic heterocycles. The van der Waals surface area contributed by atoms with Crippen molar-refractivity contribution in [2.75, 3.05) is 13.6 Å². The standard InChI is InChI=1S/C18H31N3/c1-4-10-19-12-16-8-9-17(20-13-16)14-21(3)18-7-5-6-15(2)11-18/h8-9,13,15,18-19H,4-7,10-12,14H2,1-3H3. The predicted molar refractivity (Wildman–Crippen MR) is 89.1 cm³/mol. The third-order valence-electron chi connectivity index (χ3n) is 4.59. The van der Waals surface area contributed by atoms with Crippen LogP contribution < -0.4 is 5.32 Å². The molecule has 2 unspecified atom stereocenters. The number of hydrogen-bond donors (Lipinski definition) is 1. The van der Waals surface area contributed by atoms with Gasteiger partial charge in [0.05, 0.1) is 5.69 Å². The summed E-state index contributed by atoms with van der Waals surface area (Å²) in [5, 5.41) is 3.42. The fraction of sp³-hybridized carbons (Fsp3) is 0.722. The summed E-state index contributed by atoms with van der Waals surface area (Å²) in [6.45, 7) is 7.55. The van der Waals surface area contributed by atoms with Crippen LogP contribution in [0.5, 0.6) is 0 Å². The lowest BCUT2D eigenvalue weighted by molar-refractivity contribution is 0.156. The molecule has 1 aromatic rings. The second-order valence-corrected chi connectivity index (χ2v) is 6.68. The van der Waals surface area contributed by atoms with Crippen LogP contribution >= 0.6 is 0 Å². The van der Waals surface area contributed by atoms with Gasteiger partial charge in [-0.25, -0.2) is 0 Å². The van der Waals surface area contributed by atoms with E-state index in [1.165, 1.54) is 43.4 Å². The van der Waals surface area contributed by atoms with Gasteiger partial charge in [0.25, 0.3) is 0 Å². The summed E-state index contributed by atoms with van der Waals surface area (Å²) in [5.74, 6) is 0.881. The van der Waals surface area contributed by atoms with Crippen LogP contribution in [-0.4, -0.2) is 29.5 Å². The van der Waals surface area contributed by atoms with Crippen molar-refractivity contribution >= 4 is 0 Å². The van der Waals surface area contributed by atoms with E-state index in [-0.39, 0.29) is 0 Å². The van der Waals surface area contributed by atoms with E-state index in [9.17, 15) is 0 Å². The lowest BCUT2D eigenvalue weighted by Gasteiger charge is -2.34. The molecule has 0 aromatic carbocycles. The molecule has 3 heteroatoms. The first-order chi connectivity index (χ1) is 10.2. The molecule has 118 valence electrons. The SMILES string of the molecule is CCCNCc1ccc(CN(C)C2CCCC(C)C2)nc1. The summed E-state index contributed by atoms with van der Waals surface area (Å²) in [7, 11) is 2.25. The van der Waals surface area contributed by atoms with Crippen molar-refractivity contribution in [1.82, 2.24) is 15.2 Å². The lowest BCUT2D eigenvalue weighted by atomic mass is 9.86. The van der Waals surface area contributed by atoms with E-state index in [4.69, 9.17) is 0 Å². The van der Waals surface area contributed by atoms with E-state index >= 15 is 0 Å². The van der Waals surface area contributed by atoms with Crippen molar-refractivity contribution in [3.8, 4) is 0 Å². The molecular formula is C18H31N3. The molecule has 0 saturated heterocycles. The van der Waals surface area contributed by atoms with Gasteiger partial charge in [0, 0.05) is 25.3 Å². The molecule has 21 heavy (non-hydrogen) atoms. The largest absolute Gasteiger partial charge is 0.313 e. The lowest BCUT2D eigenvalue weighted by Crippen LogP contribution is -2.35. The van der Waals surface area contributed by atoms with Crippen molar-refractivity contribution in [2.45, 2.75) is 65.1 Å². The Bertz CT molecular complexity index is 401. The number of nitrogens with zero attached hydrogens (tertiary/aromatic N) is 2. The molecular weight excluding hydrogens is 258 g/mol. The maximum absolute atomic E-state index is 4.63. The summed E-state index contributed by atoms with van der Waals surface area (Å²) < 4.78 is 0. The Morgan fingerprint density at radius 3 is 2.86 bits per heavy atom. The molecule has 1 fully saturated rings. The zero-order chi connectivity index (χ0) is 15.1. The van der Waals surface area contributed by atoms with Crippen LogP contribution in [0.2, 0.25) is 0 Å². The normalized spacial score (nSPS) is 22.7. The van der Waals surface area contributed by atoms with E-state index < -0.39 is 0 Å². The van der Waals surface area contributed by atoms with E-state index in [0.29, 0.717) is 0 Å². The Morgan fingerprint density at radius 1 is 1.33 bits per heavy atom. The van der Waals surface area contributed by atoms with Gasteiger partial charge in [-0.2, -0.15) is 0 Å². The fourth-order valence-corrected chi connectivity index (χ4v) is 3.25. The topological polar surface area (TPSA) is 28.2 Å². The molecule has 1 aliphatic rings. The Morgan fingerprint density at radius 2 is 2.19 bits per heavy atom. The zero-order valence-electron chi connectivity index (χ0n) is 13.9. The molecule has 1 saturated carbocycles. The molecule has 0 amide bonds. The average Bonchev–Trinajstić information content (AvgIpc) is 2.49. The minimum Gasteiger partial charge on any atom is -0.313 e. The van der Waals surface area contributed by atoms with Crippen molar-refractivity contribution in [2.24, 2.45) is 5.92 Å². The van der Waals surface area contributed by atoms with Crippen molar-refractivity contribution in [1.29, 1.82) is 0 Å². The van der Waals surface area contributed by atoms with Crippen LogP contribution in [0.15, 0.2) is 18.3 Å². The van der Waals surface area contributed by atoms with Crippen molar-refractivity contribution in [3.05, 3.63) is 29.6 Å². The molecule has 1 aliphatic carbocycles. The van der Waals surface area contributed by atoms with Gasteiger partial charge in [-0.15, -0.1) is 0 Å². The highest BCUT2D eigenvalue weighted by Gasteiger charge is 2.22. The number of hydrogen-bond acceptors (Lipinski definition) is 3. The Labute approximate surface area is 130 Å². The molecule has 2 atom stereocenters. The minimum absolute atomic E-state index is 0.737. The Kier molecular flexibility index (Phi) is 6.65. The summed E-state index contributed by atoms with van der Waals surface area (Å²) in [6.07, 6.45) is 8.68. The van der Waals surface area contributed by atoms with Gasteiger partial charge in [-0.3, -0.25) is 9.88 Å². The molecule has 0 bridgehead atoms. The van der Waals surface area contributed by atoms with Crippen LogP contribution in [0.25, 0.3) is 0 Å². The van der Waals surface area contributed by atoms with E-state index in [1.807, 2.05) is 6.20 Å². The monoisotopic (exact) mass is 289 g/mol. The Hall–Kier alpha value is -0.930. The quantitative estimate of drug-likeness (QED) is 0.778. The smallest absolute Gasteiger partial charge is 0.0544 e. The van der Waals surface area contributed by atoms with Crippen LogP contribution in [0, 0.1) is 5.92 Å². The van der Waals surface area contributed by atoms with E-state index in [1.54, 1.807) is 0 Å². The molecule has 1 N–H and O–H groups in total. The maximum Gasteiger partial charge on any atom is 0.0544 e. The van der Waals surface area contributed by atoms with Crippen LogP contribution in [0.3, 0.4) is 0 Å². The molecule has 0 spiro atoms. The first-order valence-corrected chi connectivity index (χ1v) is 8.53.